The number of carboxylic acid groups (broad SMARTS) is 1. The molecule has 3 aromatic carbocycles. The van der Waals surface area contributed by atoms with Gasteiger partial charge in [0.2, 0.25) is 11.8 Å². The quantitative estimate of drug-likeness (QED) is 0.140. The number of aliphatic carboxylic acids is 1. The van der Waals surface area contributed by atoms with Gasteiger partial charge in [0.05, 0.1) is 0 Å². The molecule has 266 valence electrons. The number of hydrogen-bond acceptors (Lipinski definition) is 7. The first-order valence-corrected chi connectivity index (χ1v) is 16.8. The van der Waals surface area contributed by atoms with Crippen LogP contribution in [0.3, 0.4) is 0 Å². The number of ether oxygens (including phenoxy) is 2. The lowest BCUT2D eigenvalue weighted by Gasteiger charge is -2.27. The molecule has 0 fully saturated rings. The number of rotatable bonds is 15. The normalized spacial score (nSPS) is 13.8. The van der Waals surface area contributed by atoms with Crippen molar-refractivity contribution in [3.63, 3.8) is 0 Å². The molecule has 4 rings (SSSR count). The van der Waals surface area contributed by atoms with Crippen molar-refractivity contribution < 1.29 is 38.6 Å². The first kappa shape index (κ1) is 37.4. The van der Waals surface area contributed by atoms with E-state index >= 15 is 0 Å². The molecular formula is C38H46N4O8. The number of amides is 4. The van der Waals surface area contributed by atoms with E-state index in [4.69, 9.17) is 14.6 Å². The summed E-state index contributed by atoms with van der Waals surface area (Å²) in [6, 6.07) is 22.8. The number of unbranched alkanes of at least 4 members (excludes halogenated alkanes) is 1. The van der Waals surface area contributed by atoms with E-state index in [1.807, 2.05) is 54.6 Å². The van der Waals surface area contributed by atoms with E-state index in [-0.39, 0.29) is 12.3 Å². The summed E-state index contributed by atoms with van der Waals surface area (Å²) in [5, 5.41) is 19.3. The molecule has 12 heteroatoms. The Morgan fingerprint density at radius 1 is 0.760 bits per heavy atom. The van der Waals surface area contributed by atoms with Crippen LogP contribution in [0.25, 0.3) is 11.1 Å². The molecule has 0 saturated carbocycles. The Balaban J connectivity index is 1.44. The Hall–Kier alpha value is -5.39. The van der Waals surface area contributed by atoms with Crippen LogP contribution in [0.4, 0.5) is 9.59 Å². The lowest BCUT2D eigenvalue weighted by Crippen LogP contribution is -2.54. The molecule has 1 aliphatic carbocycles. The number of alkyl carbamates (subject to hydrolysis) is 2. The van der Waals surface area contributed by atoms with Gasteiger partial charge in [-0.2, -0.15) is 0 Å². The third-order valence-electron chi connectivity index (χ3n) is 8.15. The molecule has 0 aromatic heterocycles. The predicted octanol–water partition coefficient (Wildman–Crippen LogP) is 4.91. The molecule has 3 aromatic rings. The number of benzene rings is 3. The summed E-state index contributed by atoms with van der Waals surface area (Å²) >= 11 is 0. The minimum Gasteiger partial charge on any atom is -0.480 e. The lowest BCUT2D eigenvalue weighted by molar-refractivity contribution is -0.138. The number of fused-ring (bicyclic) bond motifs is 3. The van der Waals surface area contributed by atoms with E-state index in [0.29, 0.717) is 25.8 Å². The second kappa shape index (κ2) is 17.3. The summed E-state index contributed by atoms with van der Waals surface area (Å²) in [6.07, 6.45) is -0.0909. The molecule has 3 atom stereocenters. The number of carbonyl (C=O) groups is 5. The monoisotopic (exact) mass is 686 g/mol. The number of carbonyl (C=O) groups excluding carboxylic acids is 4. The fraction of sp³-hybridized carbons (Fsp3) is 0.395. The van der Waals surface area contributed by atoms with Crippen LogP contribution in [-0.2, 0) is 30.3 Å². The zero-order chi connectivity index (χ0) is 36.3. The number of hydrogen-bond donors (Lipinski definition) is 5. The van der Waals surface area contributed by atoms with Crippen LogP contribution >= 0.6 is 0 Å². The van der Waals surface area contributed by atoms with Crippen LogP contribution in [0.1, 0.15) is 69.6 Å². The van der Waals surface area contributed by atoms with E-state index < -0.39 is 60.3 Å². The van der Waals surface area contributed by atoms with Gasteiger partial charge in [0.15, 0.2) is 0 Å². The van der Waals surface area contributed by atoms with Gasteiger partial charge in [-0.05, 0) is 74.8 Å². The highest BCUT2D eigenvalue weighted by molar-refractivity contribution is 5.92. The van der Waals surface area contributed by atoms with Gasteiger partial charge in [0, 0.05) is 18.9 Å². The molecule has 0 bridgehead atoms. The van der Waals surface area contributed by atoms with Crippen molar-refractivity contribution in [1.29, 1.82) is 0 Å². The molecule has 0 radical (unpaired) electrons. The molecule has 5 N–H and O–H groups in total. The van der Waals surface area contributed by atoms with E-state index in [9.17, 15) is 24.0 Å². The molecular weight excluding hydrogens is 640 g/mol. The van der Waals surface area contributed by atoms with E-state index in [2.05, 4.69) is 21.3 Å². The Bertz CT molecular complexity index is 1610. The topological polar surface area (TPSA) is 172 Å². The van der Waals surface area contributed by atoms with Crippen LogP contribution in [0.2, 0.25) is 0 Å². The van der Waals surface area contributed by atoms with Crippen molar-refractivity contribution in [2.75, 3.05) is 13.1 Å². The lowest BCUT2D eigenvalue weighted by atomic mass is 9.88. The summed E-state index contributed by atoms with van der Waals surface area (Å²) in [5.41, 5.74) is 4.33. The third-order valence-corrected chi connectivity index (χ3v) is 8.15. The maximum Gasteiger partial charge on any atom is 0.408 e. The molecule has 0 aliphatic heterocycles. The van der Waals surface area contributed by atoms with Gasteiger partial charge in [0.25, 0.3) is 0 Å². The standard InChI is InChI=1S/C38H46N4O8/c1-24(34(45)42-30(35(46)40-23-32(43)44)22-25-14-6-5-7-15-25)41-37(48)49-31(20-12-13-21-39-36(47)50-38(2,3)4)33-28-18-10-8-16-26(28)27-17-9-11-19-29(27)33/h5-11,14-19,24,30-31,33H,12-13,20-23H2,1-4H3,(H,39,47)(H,40,46)(H,41,48)(H,42,45)(H,43,44)/t24-,30+,31?/m1/s1. The van der Waals surface area contributed by atoms with Crippen molar-refractivity contribution in [1.82, 2.24) is 21.3 Å². The summed E-state index contributed by atoms with van der Waals surface area (Å²) in [4.78, 5) is 62.7. The van der Waals surface area contributed by atoms with Gasteiger partial charge in [-0.25, -0.2) is 9.59 Å². The predicted molar refractivity (Wildman–Crippen MR) is 187 cm³/mol. The highest BCUT2D eigenvalue weighted by Crippen LogP contribution is 2.47. The van der Waals surface area contributed by atoms with Crippen molar-refractivity contribution in [2.24, 2.45) is 0 Å². The first-order valence-electron chi connectivity index (χ1n) is 16.8. The Labute approximate surface area is 292 Å². The minimum atomic E-state index is -1.22. The van der Waals surface area contributed by atoms with Gasteiger partial charge < -0.3 is 35.8 Å². The Morgan fingerprint density at radius 2 is 1.36 bits per heavy atom. The third kappa shape index (κ3) is 10.8. The van der Waals surface area contributed by atoms with Crippen LogP contribution in [0.5, 0.6) is 0 Å². The number of nitrogens with one attached hydrogen (secondary N) is 4. The van der Waals surface area contributed by atoms with Gasteiger partial charge in [-0.1, -0.05) is 78.9 Å². The van der Waals surface area contributed by atoms with Crippen molar-refractivity contribution >= 4 is 30.0 Å². The molecule has 1 unspecified atom stereocenters. The highest BCUT2D eigenvalue weighted by Gasteiger charge is 2.36. The first-order chi connectivity index (χ1) is 23.8. The molecule has 1 aliphatic rings. The van der Waals surface area contributed by atoms with Crippen molar-refractivity contribution in [3.05, 3.63) is 95.6 Å². The van der Waals surface area contributed by atoms with Gasteiger partial charge in [-0.15, -0.1) is 0 Å². The molecule has 0 heterocycles. The number of carboxylic acids is 1. The zero-order valence-corrected chi connectivity index (χ0v) is 28.9. The maximum absolute atomic E-state index is 13.4. The summed E-state index contributed by atoms with van der Waals surface area (Å²) in [6.45, 7) is 6.64. The van der Waals surface area contributed by atoms with E-state index in [1.54, 1.807) is 45.0 Å². The van der Waals surface area contributed by atoms with E-state index in [1.165, 1.54) is 6.92 Å². The molecule has 12 nitrogen and oxygen atoms in total. The van der Waals surface area contributed by atoms with Gasteiger partial charge >= 0.3 is 18.2 Å². The average Bonchev–Trinajstić information content (AvgIpc) is 3.40. The largest absolute Gasteiger partial charge is 0.480 e. The molecule has 4 amide bonds. The summed E-state index contributed by atoms with van der Waals surface area (Å²) in [5.74, 6) is -2.79. The van der Waals surface area contributed by atoms with Crippen molar-refractivity contribution in [3.8, 4) is 11.1 Å². The minimum absolute atomic E-state index is 0.112. The second-order valence-electron chi connectivity index (χ2n) is 13.2. The van der Waals surface area contributed by atoms with Crippen LogP contribution in [0, 0.1) is 0 Å². The average molecular weight is 687 g/mol. The van der Waals surface area contributed by atoms with E-state index in [0.717, 1.165) is 27.8 Å². The van der Waals surface area contributed by atoms with Crippen LogP contribution in [-0.4, -0.2) is 72.0 Å². The smallest absolute Gasteiger partial charge is 0.408 e. The Morgan fingerprint density at radius 3 is 1.96 bits per heavy atom. The summed E-state index contributed by atoms with van der Waals surface area (Å²) in [7, 11) is 0. The van der Waals surface area contributed by atoms with Crippen LogP contribution in [0.15, 0.2) is 78.9 Å². The highest BCUT2D eigenvalue weighted by atomic mass is 16.6. The SMILES string of the molecule is C[C@@H](NC(=O)OC(CCCCNC(=O)OC(C)(C)C)C1c2ccccc2-c2ccccc21)C(=O)N[C@@H](Cc1ccccc1)C(=O)NCC(=O)O. The molecule has 50 heavy (non-hydrogen) atoms. The molecule has 0 saturated heterocycles. The summed E-state index contributed by atoms with van der Waals surface area (Å²) < 4.78 is 11.4. The van der Waals surface area contributed by atoms with Gasteiger partial charge in [-0.3, -0.25) is 14.4 Å². The zero-order valence-electron chi connectivity index (χ0n) is 28.9. The fourth-order valence-electron chi connectivity index (χ4n) is 5.92. The maximum atomic E-state index is 13.4. The van der Waals surface area contributed by atoms with Crippen LogP contribution < -0.4 is 21.3 Å². The van der Waals surface area contributed by atoms with Crippen molar-refractivity contribution in [2.45, 2.75) is 83.1 Å². The second-order valence-corrected chi connectivity index (χ2v) is 13.2. The fourth-order valence-corrected chi connectivity index (χ4v) is 5.92. The Kier molecular flexibility index (Phi) is 13.0. The van der Waals surface area contributed by atoms with Gasteiger partial charge in [0.1, 0.15) is 30.3 Å². The molecule has 0 spiro atoms.